The number of methoxy groups -OCH3 is 2. The summed E-state index contributed by atoms with van der Waals surface area (Å²) in [6, 6.07) is 12.7. The van der Waals surface area contributed by atoms with Gasteiger partial charge >= 0.3 is 0 Å². The smallest absolute Gasteiger partial charge is 0.258 e. The number of rotatable bonds is 9. The van der Waals surface area contributed by atoms with Gasteiger partial charge in [-0.05, 0) is 24.6 Å². The van der Waals surface area contributed by atoms with Crippen molar-refractivity contribution in [2.24, 2.45) is 0 Å². The molecule has 0 aromatic heterocycles. The Kier molecular flexibility index (Phi) is 6.95. The average Bonchev–Trinajstić information content (AvgIpc) is 2.65. The zero-order valence-electron chi connectivity index (χ0n) is 14.7. The summed E-state index contributed by atoms with van der Waals surface area (Å²) >= 11 is 0. The van der Waals surface area contributed by atoms with Gasteiger partial charge in [0, 0.05) is 24.7 Å². The number of carbonyl (C=O) groups is 1. The largest absolute Gasteiger partial charge is 0.496 e. The first-order valence-corrected chi connectivity index (χ1v) is 7.99. The van der Waals surface area contributed by atoms with Gasteiger partial charge in [0.05, 0.1) is 20.8 Å². The topological polar surface area (TPSA) is 66.0 Å². The van der Waals surface area contributed by atoms with Crippen LogP contribution in [-0.4, -0.2) is 33.3 Å². The molecule has 25 heavy (non-hydrogen) atoms. The fourth-order valence-electron chi connectivity index (χ4n) is 2.18. The molecule has 1 N–H and O–H groups in total. The van der Waals surface area contributed by atoms with Gasteiger partial charge < -0.3 is 24.3 Å². The molecule has 0 heterocycles. The molecular formula is C19H23NO5. The van der Waals surface area contributed by atoms with Gasteiger partial charge in [-0.15, -0.1) is 0 Å². The fourth-order valence-corrected chi connectivity index (χ4v) is 2.18. The minimum atomic E-state index is -0.219. The molecule has 0 aliphatic heterocycles. The van der Waals surface area contributed by atoms with Gasteiger partial charge in [-0.2, -0.15) is 0 Å². The predicted octanol–water partition coefficient (Wildman–Crippen LogP) is 2.80. The SMILES string of the molecule is CCOc1cccc(CNC(=O)COc2cc(OC)cc(OC)c2)c1. The summed E-state index contributed by atoms with van der Waals surface area (Å²) in [6.45, 7) is 2.85. The highest BCUT2D eigenvalue weighted by Crippen LogP contribution is 2.27. The Morgan fingerprint density at radius 3 is 2.24 bits per heavy atom. The summed E-state index contributed by atoms with van der Waals surface area (Å²) in [7, 11) is 3.11. The van der Waals surface area contributed by atoms with Gasteiger partial charge in [0.25, 0.3) is 5.91 Å². The lowest BCUT2D eigenvalue weighted by atomic mass is 10.2. The molecule has 0 aliphatic carbocycles. The van der Waals surface area contributed by atoms with Gasteiger partial charge in [-0.25, -0.2) is 0 Å². The van der Waals surface area contributed by atoms with Crippen molar-refractivity contribution in [1.82, 2.24) is 5.32 Å². The van der Waals surface area contributed by atoms with Crippen LogP contribution in [0.3, 0.4) is 0 Å². The second kappa shape index (κ2) is 9.42. The van der Waals surface area contributed by atoms with Crippen LogP contribution < -0.4 is 24.3 Å². The van der Waals surface area contributed by atoms with Crippen molar-refractivity contribution in [3.05, 3.63) is 48.0 Å². The molecule has 0 bridgehead atoms. The van der Waals surface area contributed by atoms with Crippen molar-refractivity contribution in [1.29, 1.82) is 0 Å². The Hall–Kier alpha value is -2.89. The third-order valence-electron chi connectivity index (χ3n) is 3.39. The minimum absolute atomic E-state index is 0.0958. The number of hydrogen-bond donors (Lipinski definition) is 1. The van der Waals surface area contributed by atoms with E-state index in [0.717, 1.165) is 11.3 Å². The summed E-state index contributed by atoms with van der Waals surface area (Å²) in [4.78, 5) is 12.0. The first-order chi connectivity index (χ1) is 12.1. The van der Waals surface area contributed by atoms with E-state index in [9.17, 15) is 4.79 Å². The van der Waals surface area contributed by atoms with Crippen molar-refractivity contribution in [3.63, 3.8) is 0 Å². The van der Waals surface area contributed by atoms with E-state index in [1.165, 1.54) is 0 Å². The van der Waals surface area contributed by atoms with Crippen molar-refractivity contribution >= 4 is 5.91 Å². The molecule has 1 amide bonds. The third-order valence-corrected chi connectivity index (χ3v) is 3.39. The standard InChI is InChI=1S/C19H23NO5/c1-4-24-15-7-5-6-14(8-15)12-20-19(21)13-25-18-10-16(22-2)9-17(11-18)23-3/h5-11H,4,12-13H2,1-3H3,(H,20,21). The predicted molar refractivity (Wildman–Crippen MR) is 94.5 cm³/mol. The quantitative estimate of drug-likeness (QED) is 0.757. The molecule has 134 valence electrons. The van der Waals surface area contributed by atoms with Crippen molar-refractivity contribution < 1.29 is 23.7 Å². The Labute approximate surface area is 147 Å². The maximum absolute atomic E-state index is 12.0. The molecule has 0 radical (unpaired) electrons. The summed E-state index contributed by atoms with van der Waals surface area (Å²) in [6.07, 6.45) is 0. The highest BCUT2D eigenvalue weighted by molar-refractivity contribution is 5.77. The third kappa shape index (κ3) is 5.91. The summed E-state index contributed by atoms with van der Waals surface area (Å²) < 4.78 is 21.3. The van der Waals surface area contributed by atoms with Gasteiger partial charge in [-0.3, -0.25) is 4.79 Å². The zero-order chi connectivity index (χ0) is 18.1. The molecular weight excluding hydrogens is 322 g/mol. The molecule has 0 saturated carbocycles. The van der Waals surface area contributed by atoms with Crippen LogP contribution in [0.25, 0.3) is 0 Å². The van der Waals surface area contributed by atoms with Crippen LogP contribution in [0, 0.1) is 0 Å². The molecule has 6 heteroatoms. The zero-order valence-corrected chi connectivity index (χ0v) is 14.7. The van der Waals surface area contributed by atoms with E-state index in [4.69, 9.17) is 18.9 Å². The van der Waals surface area contributed by atoms with E-state index >= 15 is 0 Å². The van der Waals surface area contributed by atoms with E-state index in [2.05, 4.69) is 5.32 Å². The van der Waals surface area contributed by atoms with Crippen LogP contribution in [0.5, 0.6) is 23.0 Å². The molecule has 2 aromatic rings. The Bertz CT molecular complexity index is 680. The highest BCUT2D eigenvalue weighted by atomic mass is 16.5. The lowest BCUT2D eigenvalue weighted by Gasteiger charge is -2.11. The highest BCUT2D eigenvalue weighted by Gasteiger charge is 2.07. The normalized spacial score (nSPS) is 10.0. The minimum Gasteiger partial charge on any atom is -0.496 e. The maximum Gasteiger partial charge on any atom is 0.258 e. The second-order valence-corrected chi connectivity index (χ2v) is 5.19. The summed E-state index contributed by atoms with van der Waals surface area (Å²) in [5, 5.41) is 2.81. The van der Waals surface area contributed by atoms with Crippen LogP contribution in [0.4, 0.5) is 0 Å². The average molecular weight is 345 g/mol. The Morgan fingerprint density at radius 2 is 1.60 bits per heavy atom. The van der Waals surface area contributed by atoms with Gasteiger partial charge in [0.2, 0.25) is 0 Å². The summed E-state index contributed by atoms with van der Waals surface area (Å²) in [5.41, 5.74) is 0.961. The fraction of sp³-hybridized carbons (Fsp3) is 0.316. The van der Waals surface area contributed by atoms with Crippen molar-refractivity contribution in [2.45, 2.75) is 13.5 Å². The number of hydrogen-bond acceptors (Lipinski definition) is 5. The lowest BCUT2D eigenvalue weighted by molar-refractivity contribution is -0.123. The molecule has 0 unspecified atom stereocenters. The monoisotopic (exact) mass is 345 g/mol. The van der Waals surface area contributed by atoms with Crippen molar-refractivity contribution in [3.8, 4) is 23.0 Å². The first-order valence-electron chi connectivity index (χ1n) is 7.99. The molecule has 0 aliphatic rings. The number of carbonyl (C=O) groups excluding carboxylic acids is 1. The van der Waals surface area contributed by atoms with Crippen LogP contribution in [0.2, 0.25) is 0 Å². The van der Waals surface area contributed by atoms with E-state index in [1.54, 1.807) is 32.4 Å². The van der Waals surface area contributed by atoms with E-state index < -0.39 is 0 Å². The number of ether oxygens (including phenoxy) is 4. The van der Waals surface area contributed by atoms with Gasteiger partial charge in [0.15, 0.2) is 6.61 Å². The number of nitrogens with one attached hydrogen (secondary N) is 1. The van der Waals surface area contributed by atoms with Crippen LogP contribution >= 0.6 is 0 Å². The molecule has 0 atom stereocenters. The van der Waals surface area contributed by atoms with Crippen LogP contribution in [-0.2, 0) is 11.3 Å². The number of amides is 1. The van der Waals surface area contributed by atoms with Gasteiger partial charge in [-0.1, -0.05) is 12.1 Å². The molecule has 6 nitrogen and oxygen atoms in total. The first kappa shape index (κ1) is 18.4. The Morgan fingerprint density at radius 1 is 0.920 bits per heavy atom. The van der Waals surface area contributed by atoms with Crippen LogP contribution in [0.15, 0.2) is 42.5 Å². The second-order valence-electron chi connectivity index (χ2n) is 5.19. The van der Waals surface area contributed by atoms with E-state index in [0.29, 0.717) is 30.4 Å². The number of benzene rings is 2. The molecule has 0 spiro atoms. The molecule has 0 saturated heterocycles. The van der Waals surface area contributed by atoms with E-state index in [1.807, 2.05) is 31.2 Å². The maximum atomic E-state index is 12.0. The van der Waals surface area contributed by atoms with Crippen LogP contribution in [0.1, 0.15) is 12.5 Å². The molecule has 0 fully saturated rings. The summed E-state index contributed by atoms with van der Waals surface area (Å²) in [5.74, 6) is 2.27. The lowest BCUT2D eigenvalue weighted by Crippen LogP contribution is -2.28. The molecule has 2 aromatic carbocycles. The van der Waals surface area contributed by atoms with E-state index in [-0.39, 0.29) is 12.5 Å². The Balaban J connectivity index is 1.85. The van der Waals surface area contributed by atoms with Crippen molar-refractivity contribution in [2.75, 3.05) is 27.4 Å². The molecule has 2 rings (SSSR count). The van der Waals surface area contributed by atoms with Gasteiger partial charge in [0.1, 0.15) is 23.0 Å².